The quantitative estimate of drug-likeness (QED) is 0.770. The van der Waals surface area contributed by atoms with Gasteiger partial charge in [0.15, 0.2) is 0 Å². The number of anilines is 1. The topological polar surface area (TPSA) is 79.2 Å². The first kappa shape index (κ1) is 18.9. The molecule has 1 amide bonds. The van der Waals surface area contributed by atoms with Crippen molar-refractivity contribution < 1.29 is 9.90 Å². The number of hydrogen-bond acceptors (Lipinski definition) is 4. The van der Waals surface area contributed by atoms with E-state index in [4.69, 9.17) is 0 Å². The molecule has 6 heteroatoms. The van der Waals surface area contributed by atoms with Gasteiger partial charge in [0.2, 0.25) is 5.91 Å². The number of carbonyl (C=O) groups is 1. The molecule has 0 aliphatic heterocycles. The fourth-order valence-electron chi connectivity index (χ4n) is 4.46. The van der Waals surface area contributed by atoms with Gasteiger partial charge in [-0.15, -0.1) is 0 Å². The summed E-state index contributed by atoms with van der Waals surface area (Å²) in [5.41, 5.74) is 2.32. The second-order valence-electron chi connectivity index (χ2n) is 8.36. The van der Waals surface area contributed by atoms with Crippen LogP contribution in [0, 0.1) is 25.2 Å². The number of amides is 1. The van der Waals surface area contributed by atoms with Crippen molar-refractivity contribution in [2.24, 2.45) is 18.4 Å². The average molecular weight is 336 g/mol. The van der Waals surface area contributed by atoms with E-state index in [1.54, 1.807) is 4.68 Å². The Morgan fingerprint density at radius 2 is 2.04 bits per heavy atom. The lowest BCUT2D eigenvalue weighted by Gasteiger charge is -2.47. The summed E-state index contributed by atoms with van der Waals surface area (Å²) in [7, 11) is 1.86. The molecule has 1 fully saturated rings. The molecule has 136 valence electrons. The molecule has 0 saturated heterocycles. The molecule has 1 aromatic heterocycles. The third-order valence-corrected chi connectivity index (χ3v) is 5.16. The highest BCUT2D eigenvalue weighted by Crippen LogP contribution is 2.43. The smallest absolute Gasteiger partial charge is 0.238 e. The van der Waals surface area contributed by atoms with Gasteiger partial charge in [-0.25, -0.2) is 0 Å². The van der Waals surface area contributed by atoms with E-state index in [2.05, 4.69) is 36.5 Å². The van der Waals surface area contributed by atoms with Crippen LogP contribution in [0.1, 0.15) is 51.4 Å². The Balaban J connectivity index is 2.01. The molecule has 6 nitrogen and oxygen atoms in total. The second kappa shape index (κ2) is 6.84. The van der Waals surface area contributed by atoms with Crippen LogP contribution in [0.25, 0.3) is 0 Å². The largest absolute Gasteiger partial charge is 0.394 e. The maximum atomic E-state index is 12.4. The molecule has 1 saturated carbocycles. The normalized spacial score (nSPS) is 26.4. The van der Waals surface area contributed by atoms with Gasteiger partial charge in [-0.05, 0) is 44.4 Å². The minimum atomic E-state index is -0.377. The molecule has 1 aromatic rings. The zero-order valence-electron chi connectivity index (χ0n) is 15.9. The van der Waals surface area contributed by atoms with Crippen LogP contribution in [-0.4, -0.2) is 39.5 Å². The standard InChI is InChI=1S/C18H32N4O2/c1-12-7-17(4,5)10-18(8-12,11-23)19-9-15(24)20-16-13(2)21-22(6)14(16)3/h12,19,23H,7-11H2,1-6H3,(H,20,24). The van der Waals surface area contributed by atoms with Crippen molar-refractivity contribution in [3.8, 4) is 0 Å². The van der Waals surface area contributed by atoms with Crippen molar-refractivity contribution in [1.82, 2.24) is 15.1 Å². The van der Waals surface area contributed by atoms with Gasteiger partial charge in [-0.2, -0.15) is 5.10 Å². The predicted octanol–water partition coefficient (Wildman–Crippen LogP) is 2.14. The van der Waals surface area contributed by atoms with Crippen LogP contribution in [-0.2, 0) is 11.8 Å². The summed E-state index contributed by atoms with van der Waals surface area (Å²) in [4.78, 5) is 12.4. The molecule has 2 unspecified atom stereocenters. The molecular weight excluding hydrogens is 304 g/mol. The molecule has 3 N–H and O–H groups in total. The van der Waals surface area contributed by atoms with Gasteiger partial charge >= 0.3 is 0 Å². The van der Waals surface area contributed by atoms with Gasteiger partial charge in [0.05, 0.1) is 30.2 Å². The fourth-order valence-corrected chi connectivity index (χ4v) is 4.46. The van der Waals surface area contributed by atoms with Crippen LogP contribution in [0.15, 0.2) is 0 Å². The van der Waals surface area contributed by atoms with Gasteiger partial charge in [0.1, 0.15) is 0 Å². The number of nitrogens with zero attached hydrogens (tertiary/aromatic N) is 2. The average Bonchev–Trinajstić information content (AvgIpc) is 2.69. The Kier molecular flexibility index (Phi) is 5.40. The second-order valence-corrected chi connectivity index (χ2v) is 8.36. The third kappa shape index (κ3) is 4.16. The molecule has 0 bridgehead atoms. The molecule has 1 heterocycles. The van der Waals surface area contributed by atoms with Crippen LogP contribution in [0.3, 0.4) is 0 Å². The summed E-state index contributed by atoms with van der Waals surface area (Å²) in [6.45, 7) is 10.8. The summed E-state index contributed by atoms with van der Waals surface area (Å²) >= 11 is 0. The summed E-state index contributed by atoms with van der Waals surface area (Å²) in [5, 5.41) is 20.6. The minimum absolute atomic E-state index is 0.0546. The van der Waals surface area contributed by atoms with Crippen molar-refractivity contribution in [3.63, 3.8) is 0 Å². The van der Waals surface area contributed by atoms with Crippen LogP contribution < -0.4 is 10.6 Å². The molecule has 1 aliphatic carbocycles. The molecule has 2 atom stereocenters. The van der Waals surface area contributed by atoms with Gasteiger partial charge in [0, 0.05) is 12.6 Å². The Morgan fingerprint density at radius 1 is 1.38 bits per heavy atom. The summed E-state index contributed by atoms with van der Waals surface area (Å²) in [5.74, 6) is 0.428. The number of aryl methyl sites for hydroxylation is 2. The van der Waals surface area contributed by atoms with E-state index in [1.807, 2.05) is 20.9 Å². The van der Waals surface area contributed by atoms with E-state index in [9.17, 15) is 9.90 Å². The maximum absolute atomic E-state index is 12.4. The first-order valence-corrected chi connectivity index (χ1v) is 8.73. The monoisotopic (exact) mass is 336 g/mol. The first-order chi connectivity index (χ1) is 11.1. The SMILES string of the molecule is Cc1nn(C)c(C)c1NC(=O)CNC1(CO)CC(C)CC(C)(C)C1. The Labute approximate surface area is 145 Å². The number of hydrogen-bond donors (Lipinski definition) is 3. The van der Waals surface area contributed by atoms with E-state index in [0.29, 0.717) is 5.92 Å². The third-order valence-electron chi connectivity index (χ3n) is 5.16. The summed E-state index contributed by atoms with van der Waals surface area (Å²) in [6, 6.07) is 0. The lowest BCUT2D eigenvalue weighted by Crippen LogP contribution is -2.56. The lowest BCUT2D eigenvalue weighted by atomic mass is 9.64. The lowest BCUT2D eigenvalue weighted by molar-refractivity contribution is -0.116. The van der Waals surface area contributed by atoms with Crippen LogP contribution in [0.4, 0.5) is 5.69 Å². The Hall–Kier alpha value is -1.40. The molecule has 0 radical (unpaired) electrons. The Bertz CT molecular complexity index is 608. The molecule has 2 rings (SSSR count). The van der Waals surface area contributed by atoms with Gasteiger partial charge in [-0.1, -0.05) is 20.8 Å². The molecule has 0 aromatic carbocycles. The molecule has 0 spiro atoms. The molecule has 1 aliphatic rings. The number of nitrogens with one attached hydrogen (secondary N) is 2. The Morgan fingerprint density at radius 3 is 2.54 bits per heavy atom. The highest BCUT2D eigenvalue weighted by molar-refractivity contribution is 5.93. The highest BCUT2D eigenvalue weighted by atomic mass is 16.3. The minimum Gasteiger partial charge on any atom is -0.394 e. The van der Waals surface area contributed by atoms with E-state index >= 15 is 0 Å². The number of rotatable bonds is 5. The highest BCUT2D eigenvalue weighted by Gasteiger charge is 2.42. The zero-order chi connectivity index (χ0) is 18.1. The van der Waals surface area contributed by atoms with Crippen LogP contribution >= 0.6 is 0 Å². The van der Waals surface area contributed by atoms with Crippen LogP contribution in [0.5, 0.6) is 0 Å². The van der Waals surface area contributed by atoms with Crippen molar-refractivity contribution in [2.75, 3.05) is 18.5 Å². The van der Waals surface area contributed by atoms with E-state index in [0.717, 1.165) is 36.3 Å². The van der Waals surface area contributed by atoms with Crippen molar-refractivity contribution in [2.45, 2.75) is 59.4 Å². The molecule has 24 heavy (non-hydrogen) atoms. The zero-order valence-corrected chi connectivity index (χ0v) is 15.9. The van der Waals surface area contributed by atoms with E-state index in [-0.39, 0.29) is 30.0 Å². The van der Waals surface area contributed by atoms with E-state index in [1.165, 1.54) is 0 Å². The first-order valence-electron chi connectivity index (χ1n) is 8.73. The van der Waals surface area contributed by atoms with Crippen LogP contribution in [0.2, 0.25) is 0 Å². The van der Waals surface area contributed by atoms with Crippen molar-refractivity contribution in [1.29, 1.82) is 0 Å². The summed E-state index contributed by atoms with van der Waals surface area (Å²) in [6.07, 6.45) is 2.92. The number of carbonyl (C=O) groups excluding carboxylic acids is 1. The van der Waals surface area contributed by atoms with Crippen molar-refractivity contribution in [3.05, 3.63) is 11.4 Å². The van der Waals surface area contributed by atoms with Gasteiger partial charge < -0.3 is 15.7 Å². The molecular formula is C18H32N4O2. The number of aliphatic hydroxyl groups excluding tert-OH is 1. The van der Waals surface area contributed by atoms with Gasteiger partial charge in [-0.3, -0.25) is 9.48 Å². The van der Waals surface area contributed by atoms with E-state index < -0.39 is 0 Å². The van der Waals surface area contributed by atoms with Crippen molar-refractivity contribution >= 4 is 11.6 Å². The summed E-state index contributed by atoms with van der Waals surface area (Å²) < 4.78 is 1.76. The van der Waals surface area contributed by atoms with Gasteiger partial charge in [0.25, 0.3) is 0 Å². The fraction of sp³-hybridized carbons (Fsp3) is 0.778. The predicted molar refractivity (Wildman–Crippen MR) is 95.9 cm³/mol. The number of aliphatic hydroxyl groups is 1. The maximum Gasteiger partial charge on any atom is 0.238 e. The number of aromatic nitrogens is 2.